The van der Waals surface area contributed by atoms with E-state index in [4.69, 9.17) is 16.3 Å². The largest absolute Gasteiger partial charge is 0.424 e. The van der Waals surface area contributed by atoms with Crippen LogP contribution in [-0.4, -0.2) is 19.0 Å². The summed E-state index contributed by atoms with van der Waals surface area (Å²) in [5.41, 5.74) is 1.58. The zero-order valence-electron chi connectivity index (χ0n) is 13.7. The fraction of sp³-hybridized carbons (Fsp3) is 0.294. The zero-order chi connectivity index (χ0) is 16.9. The molecule has 0 saturated carbocycles. The molecule has 0 atom stereocenters. The third-order valence-corrected chi connectivity index (χ3v) is 5.35. The molecule has 0 aromatic carbocycles. The van der Waals surface area contributed by atoms with Gasteiger partial charge in [-0.05, 0) is 24.3 Å². The predicted molar refractivity (Wildman–Crippen MR) is 95.0 cm³/mol. The second kappa shape index (κ2) is 7.56. The van der Waals surface area contributed by atoms with Crippen LogP contribution in [0.2, 0.25) is 19.6 Å². The van der Waals surface area contributed by atoms with Crippen LogP contribution in [0.15, 0.2) is 53.0 Å². The molecule has 0 bridgehead atoms. The van der Waals surface area contributed by atoms with Gasteiger partial charge in [0.15, 0.2) is 5.76 Å². The van der Waals surface area contributed by atoms with Crippen molar-refractivity contribution in [3.05, 3.63) is 58.5 Å². The molecule has 0 spiro atoms. The van der Waals surface area contributed by atoms with Crippen LogP contribution < -0.4 is 0 Å². The molecule has 0 aliphatic rings. The Hall–Kier alpha value is -1.65. The highest BCUT2D eigenvalue weighted by molar-refractivity contribution is 6.85. The number of pyridine rings is 1. The minimum absolute atomic E-state index is 0.345. The van der Waals surface area contributed by atoms with E-state index in [0.29, 0.717) is 16.4 Å². The molecule has 1 aromatic rings. The Morgan fingerprint density at radius 2 is 2.00 bits per heavy atom. The number of halogens is 1. The third kappa shape index (κ3) is 5.28. The minimum atomic E-state index is -1.76. The van der Waals surface area contributed by atoms with Crippen molar-refractivity contribution in [3.8, 4) is 0 Å². The fourth-order valence-corrected chi connectivity index (χ4v) is 4.35. The highest BCUT2D eigenvalue weighted by atomic mass is 35.5. The van der Waals surface area contributed by atoms with Gasteiger partial charge in [0.1, 0.15) is 0 Å². The molecule has 22 heavy (non-hydrogen) atoms. The molecular weight excluding hydrogens is 314 g/mol. The number of allylic oxidation sites excluding steroid dienone is 4. The molecule has 1 aromatic heterocycles. The summed E-state index contributed by atoms with van der Waals surface area (Å²) in [6.07, 6.45) is 5.25. The Kier molecular flexibility index (Phi) is 6.32. The molecule has 118 valence electrons. The van der Waals surface area contributed by atoms with E-state index in [-0.39, 0.29) is 0 Å². The van der Waals surface area contributed by atoms with Crippen molar-refractivity contribution in [2.24, 2.45) is 0 Å². The Balaban J connectivity index is 3.55. The number of ether oxygens (including phenoxy) is 1. The molecule has 0 N–H and O–H groups in total. The normalized spacial score (nSPS) is 13.5. The van der Waals surface area contributed by atoms with Crippen molar-refractivity contribution < 1.29 is 9.53 Å². The maximum Gasteiger partial charge on any atom is 0.308 e. The summed E-state index contributed by atoms with van der Waals surface area (Å²) in [5, 5.41) is 1.44. The van der Waals surface area contributed by atoms with Gasteiger partial charge in [0, 0.05) is 24.9 Å². The summed E-state index contributed by atoms with van der Waals surface area (Å²) in [5.74, 6) is -0.0700. The lowest BCUT2D eigenvalue weighted by atomic mass is 10.2. The van der Waals surface area contributed by atoms with Gasteiger partial charge < -0.3 is 4.74 Å². The first kappa shape index (κ1) is 18.4. The molecule has 0 aliphatic heterocycles. The lowest BCUT2D eigenvalue weighted by Crippen LogP contribution is -2.25. The van der Waals surface area contributed by atoms with E-state index in [1.54, 1.807) is 18.5 Å². The Morgan fingerprint density at radius 3 is 2.41 bits per heavy atom. The van der Waals surface area contributed by atoms with Crippen LogP contribution in [0.1, 0.15) is 19.4 Å². The van der Waals surface area contributed by atoms with Crippen LogP contribution in [0, 0.1) is 0 Å². The number of aromatic nitrogens is 1. The number of hydrogen-bond acceptors (Lipinski definition) is 3. The van der Waals surface area contributed by atoms with Crippen LogP contribution in [0.25, 0.3) is 5.76 Å². The van der Waals surface area contributed by atoms with Gasteiger partial charge in [0.05, 0.1) is 13.1 Å². The zero-order valence-corrected chi connectivity index (χ0v) is 15.5. The maximum absolute atomic E-state index is 11.5. The molecule has 0 amide bonds. The fourth-order valence-electron chi connectivity index (χ4n) is 1.85. The third-order valence-electron chi connectivity index (χ3n) is 2.80. The molecule has 0 radical (unpaired) electrons. The van der Waals surface area contributed by atoms with Crippen LogP contribution in [0.5, 0.6) is 0 Å². The molecule has 3 nitrogen and oxygen atoms in total. The van der Waals surface area contributed by atoms with E-state index in [1.807, 2.05) is 19.1 Å². The van der Waals surface area contributed by atoms with Gasteiger partial charge in [0.25, 0.3) is 0 Å². The summed E-state index contributed by atoms with van der Waals surface area (Å²) in [6, 6.07) is 3.59. The first-order valence-electron chi connectivity index (χ1n) is 6.99. The molecular formula is C17H22ClNO2Si. The van der Waals surface area contributed by atoms with E-state index >= 15 is 0 Å². The van der Waals surface area contributed by atoms with E-state index in [1.165, 1.54) is 6.92 Å². The van der Waals surface area contributed by atoms with Crippen molar-refractivity contribution in [3.63, 3.8) is 0 Å². The highest BCUT2D eigenvalue weighted by Gasteiger charge is 2.26. The van der Waals surface area contributed by atoms with Crippen LogP contribution in [-0.2, 0) is 9.53 Å². The molecule has 0 saturated heterocycles. The standard InChI is InChI=1S/C17H22ClNO2Si/c1-12(2)10-15(22(4,5)6)16(18)17(21-13(3)20)14-8-7-9-19-11-14/h7-11H,1H2,2-6H3/b15-10-,17-16+. The molecule has 1 rings (SSSR count). The quantitative estimate of drug-likeness (QED) is 0.331. The first-order valence-corrected chi connectivity index (χ1v) is 10.9. The van der Waals surface area contributed by atoms with Gasteiger partial charge >= 0.3 is 5.97 Å². The van der Waals surface area contributed by atoms with Crippen molar-refractivity contribution in [2.75, 3.05) is 0 Å². The first-order chi connectivity index (χ1) is 10.1. The molecule has 0 fully saturated rings. The Labute approximate surface area is 138 Å². The minimum Gasteiger partial charge on any atom is -0.424 e. The van der Waals surface area contributed by atoms with Crippen molar-refractivity contribution in [2.45, 2.75) is 33.5 Å². The highest BCUT2D eigenvalue weighted by Crippen LogP contribution is 2.33. The van der Waals surface area contributed by atoms with Gasteiger partial charge in [-0.3, -0.25) is 9.78 Å². The molecule has 0 aliphatic carbocycles. The van der Waals surface area contributed by atoms with E-state index in [0.717, 1.165) is 10.8 Å². The molecule has 0 unspecified atom stereocenters. The van der Waals surface area contributed by atoms with Gasteiger partial charge in [-0.2, -0.15) is 0 Å². The smallest absolute Gasteiger partial charge is 0.308 e. The number of esters is 1. The van der Waals surface area contributed by atoms with Crippen LogP contribution in [0.3, 0.4) is 0 Å². The van der Waals surface area contributed by atoms with E-state index in [2.05, 4.69) is 31.2 Å². The van der Waals surface area contributed by atoms with Crippen LogP contribution in [0.4, 0.5) is 0 Å². The predicted octanol–water partition coefficient (Wildman–Crippen LogP) is 4.93. The molecule has 1 heterocycles. The number of rotatable bonds is 5. The Bertz CT molecular complexity index is 628. The topological polar surface area (TPSA) is 39.2 Å². The number of carbonyl (C=O) groups excluding carboxylic acids is 1. The summed E-state index contributed by atoms with van der Waals surface area (Å²) in [4.78, 5) is 15.5. The summed E-state index contributed by atoms with van der Waals surface area (Å²) >= 11 is 6.62. The second-order valence-corrected chi connectivity index (χ2v) is 11.5. The lowest BCUT2D eigenvalue weighted by molar-refractivity contribution is -0.134. The van der Waals surface area contributed by atoms with E-state index < -0.39 is 14.0 Å². The van der Waals surface area contributed by atoms with Gasteiger partial charge in [-0.15, -0.1) is 0 Å². The van der Waals surface area contributed by atoms with Crippen LogP contribution >= 0.6 is 11.6 Å². The van der Waals surface area contributed by atoms with Crippen molar-refractivity contribution >= 4 is 31.4 Å². The summed E-state index contributed by atoms with van der Waals surface area (Å²) in [7, 11) is -1.76. The number of nitrogens with zero attached hydrogens (tertiary/aromatic N) is 1. The van der Waals surface area contributed by atoms with Crippen molar-refractivity contribution in [1.82, 2.24) is 4.98 Å². The summed E-state index contributed by atoms with van der Waals surface area (Å²) < 4.78 is 5.38. The maximum atomic E-state index is 11.5. The van der Waals surface area contributed by atoms with Gasteiger partial charge in [0.2, 0.25) is 0 Å². The Morgan fingerprint density at radius 1 is 1.36 bits per heavy atom. The van der Waals surface area contributed by atoms with Gasteiger partial charge in [-0.1, -0.05) is 49.5 Å². The molecule has 5 heteroatoms. The average molecular weight is 336 g/mol. The summed E-state index contributed by atoms with van der Waals surface area (Å²) in [6.45, 7) is 13.7. The second-order valence-electron chi connectivity index (χ2n) is 6.13. The van der Waals surface area contributed by atoms with Gasteiger partial charge in [-0.25, -0.2) is 0 Å². The number of carbonyl (C=O) groups is 1. The average Bonchev–Trinajstić information content (AvgIpc) is 2.41. The number of hydrogen-bond donors (Lipinski definition) is 0. The SMILES string of the molecule is C=C(C)/C=C(/C(Cl)=C(\OC(C)=O)c1cccnc1)[Si](C)(C)C. The monoisotopic (exact) mass is 335 g/mol. The lowest BCUT2D eigenvalue weighted by Gasteiger charge is -2.23. The van der Waals surface area contributed by atoms with E-state index in [9.17, 15) is 4.79 Å². The van der Waals surface area contributed by atoms with Crippen molar-refractivity contribution in [1.29, 1.82) is 0 Å².